The van der Waals surface area contributed by atoms with E-state index in [9.17, 15) is 13.2 Å². The van der Waals surface area contributed by atoms with Gasteiger partial charge in [0.05, 0.1) is 7.11 Å². The molecule has 0 radical (unpaired) electrons. The normalized spacial score (nSPS) is 26.1. The van der Waals surface area contributed by atoms with Crippen LogP contribution < -0.4 is 0 Å². The molecule has 0 spiro atoms. The van der Waals surface area contributed by atoms with Crippen molar-refractivity contribution in [2.24, 2.45) is 5.92 Å². The van der Waals surface area contributed by atoms with E-state index in [1.807, 2.05) is 30.3 Å². The summed E-state index contributed by atoms with van der Waals surface area (Å²) in [5.41, 5.74) is 3.26. The molecule has 4 heteroatoms. The van der Waals surface area contributed by atoms with E-state index in [2.05, 4.69) is 6.58 Å². The standard InChI is InChI=1S/C27H27F3O/c1-3-17-4-6-19(7-5-17)22-13-12-21(16-24(22)28)18-8-10-20(11-9-18)23-14-15-25(31-2)27(30)26(23)29/h3,8-17,19,26-27H,1,4-7H2,2H3. The van der Waals surface area contributed by atoms with Crippen molar-refractivity contribution in [2.45, 2.75) is 43.9 Å². The zero-order chi connectivity index (χ0) is 22.0. The second kappa shape index (κ2) is 9.17. The van der Waals surface area contributed by atoms with E-state index in [1.165, 1.54) is 13.2 Å². The second-order valence-corrected chi connectivity index (χ2v) is 8.36. The highest BCUT2D eigenvalue weighted by Crippen LogP contribution is 2.38. The van der Waals surface area contributed by atoms with Crippen molar-refractivity contribution in [3.8, 4) is 11.1 Å². The van der Waals surface area contributed by atoms with Gasteiger partial charge in [0.15, 0.2) is 12.3 Å². The minimum absolute atomic E-state index is 0.0126. The van der Waals surface area contributed by atoms with Gasteiger partial charge in [0, 0.05) is 0 Å². The van der Waals surface area contributed by atoms with E-state index >= 15 is 0 Å². The molecule has 31 heavy (non-hydrogen) atoms. The van der Waals surface area contributed by atoms with Crippen LogP contribution in [-0.2, 0) is 4.74 Å². The predicted molar refractivity (Wildman–Crippen MR) is 120 cm³/mol. The van der Waals surface area contributed by atoms with Gasteiger partial charge in [0.1, 0.15) is 11.6 Å². The Morgan fingerprint density at radius 1 is 0.871 bits per heavy atom. The number of hydrogen-bond donors (Lipinski definition) is 0. The molecule has 0 amide bonds. The van der Waals surface area contributed by atoms with Gasteiger partial charge in [0.25, 0.3) is 0 Å². The Labute approximate surface area is 181 Å². The van der Waals surface area contributed by atoms with Crippen LogP contribution >= 0.6 is 0 Å². The van der Waals surface area contributed by atoms with Gasteiger partial charge in [-0.15, -0.1) is 6.58 Å². The number of benzene rings is 2. The lowest BCUT2D eigenvalue weighted by Crippen LogP contribution is -2.24. The van der Waals surface area contributed by atoms with Gasteiger partial charge in [-0.25, -0.2) is 13.2 Å². The number of alkyl halides is 2. The lowest BCUT2D eigenvalue weighted by atomic mass is 9.78. The maximum atomic E-state index is 14.9. The number of halogens is 3. The van der Waals surface area contributed by atoms with Crippen molar-refractivity contribution in [1.29, 1.82) is 0 Å². The Morgan fingerprint density at radius 3 is 2.13 bits per heavy atom. The highest BCUT2D eigenvalue weighted by atomic mass is 19.2. The summed E-state index contributed by atoms with van der Waals surface area (Å²) in [5.74, 6) is 0.608. The van der Waals surface area contributed by atoms with Crippen LogP contribution in [0.3, 0.4) is 0 Å². The number of rotatable bonds is 5. The Kier molecular flexibility index (Phi) is 6.35. The Balaban J connectivity index is 1.52. The van der Waals surface area contributed by atoms with Crippen LogP contribution in [0.5, 0.6) is 0 Å². The first-order chi connectivity index (χ1) is 15.0. The van der Waals surface area contributed by atoms with Crippen molar-refractivity contribution < 1.29 is 17.9 Å². The third-order valence-electron chi connectivity index (χ3n) is 6.59. The molecule has 2 aliphatic rings. The molecule has 2 unspecified atom stereocenters. The summed E-state index contributed by atoms with van der Waals surface area (Å²) >= 11 is 0. The lowest BCUT2D eigenvalue weighted by Gasteiger charge is -2.27. The largest absolute Gasteiger partial charge is 0.498 e. The molecule has 0 bridgehead atoms. The molecule has 1 fully saturated rings. The molecule has 4 rings (SSSR count). The fourth-order valence-corrected chi connectivity index (χ4v) is 4.65. The van der Waals surface area contributed by atoms with Gasteiger partial charge in [0.2, 0.25) is 0 Å². The Hall–Kier alpha value is -2.75. The average molecular weight is 425 g/mol. The SMILES string of the molecule is C=CC1CCC(c2ccc(-c3ccc(C4=CC=C(OC)C(F)C4F)cc3)cc2F)CC1. The lowest BCUT2D eigenvalue weighted by molar-refractivity contribution is 0.152. The molecular weight excluding hydrogens is 397 g/mol. The summed E-state index contributed by atoms with van der Waals surface area (Å²) in [6.45, 7) is 3.87. The van der Waals surface area contributed by atoms with E-state index in [-0.39, 0.29) is 23.1 Å². The van der Waals surface area contributed by atoms with Gasteiger partial charge >= 0.3 is 0 Å². The average Bonchev–Trinajstić information content (AvgIpc) is 2.81. The summed E-state index contributed by atoms with van der Waals surface area (Å²) in [6.07, 6.45) is 5.50. The van der Waals surface area contributed by atoms with Crippen LogP contribution in [0.1, 0.15) is 42.7 Å². The number of allylic oxidation sites excluding steroid dienone is 5. The number of ether oxygens (including phenoxy) is 1. The van der Waals surface area contributed by atoms with Crippen molar-refractivity contribution in [1.82, 2.24) is 0 Å². The van der Waals surface area contributed by atoms with Gasteiger partial charge in [-0.1, -0.05) is 48.6 Å². The van der Waals surface area contributed by atoms with E-state index in [0.29, 0.717) is 11.5 Å². The molecule has 2 aromatic rings. The quantitative estimate of drug-likeness (QED) is 0.450. The highest BCUT2D eigenvalue weighted by Gasteiger charge is 2.32. The van der Waals surface area contributed by atoms with E-state index in [4.69, 9.17) is 4.74 Å². The molecule has 2 atom stereocenters. The summed E-state index contributed by atoms with van der Waals surface area (Å²) in [4.78, 5) is 0. The topological polar surface area (TPSA) is 9.23 Å². The van der Waals surface area contributed by atoms with Crippen LogP contribution in [0.25, 0.3) is 16.7 Å². The summed E-state index contributed by atoms with van der Waals surface area (Å²) in [6, 6.07) is 12.5. The maximum Gasteiger partial charge on any atom is 0.192 e. The zero-order valence-corrected chi connectivity index (χ0v) is 17.7. The molecule has 162 valence electrons. The van der Waals surface area contributed by atoms with Gasteiger partial charge < -0.3 is 4.74 Å². The molecular formula is C27H27F3O. The van der Waals surface area contributed by atoms with E-state index in [1.54, 1.807) is 24.3 Å². The van der Waals surface area contributed by atoms with Crippen LogP contribution in [0.4, 0.5) is 13.2 Å². The molecule has 1 saturated carbocycles. The van der Waals surface area contributed by atoms with E-state index < -0.39 is 12.3 Å². The first kappa shape index (κ1) is 21.5. The predicted octanol–water partition coefficient (Wildman–Crippen LogP) is 7.56. The third-order valence-corrected chi connectivity index (χ3v) is 6.59. The number of methoxy groups -OCH3 is 1. The fourth-order valence-electron chi connectivity index (χ4n) is 4.65. The van der Waals surface area contributed by atoms with Gasteiger partial charge in [-0.3, -0.25) is 0 Å². The monoisotopic (exact) mass is 424 g/mol. The molecule has 0 saturated heterocycles. The highest BCUT2D eigenvalue weighted by molar-refractivity contribution is 5.75. The summed E-state index contributed by atoms with van der Waals surface area (Å²) in [5, 5.41) is 0. The minimum Gasteiger partial charge on any atom is -0.498 e. The van der Waals surface area contributed by atoms with Crippen molar-refractivity contribution in [3.63, 3.8) is 0 Å². The maximum absolute atomic E-state index is 14.9. The molecule has 0 aromatic heterocycles. The van der Waals surface area contributed by atoms with E-state index in [0.717, 1.165) is 42.4 Å². The molecule has 0 heterocycles. The summed E-state index contributed by atoms with van der Waals surface area (Å²) in [7, 11) is 1.33. The number of hydrogen-bond acceptors (Lipinski definition) is 1. The minimum atomic E-state index is -1.81. The molecule has 2 aromatic carbocycles. The fraction of sp³-hybridized carbons (Fsp3) is 0.333. The van der Waals surface area contributed by atoms with Crippen molar-refractivity contribution in [2.75, 3.05) is 7.11 Å². The first-order valence-electron chi connectivity index (χ1n) is 10.8. The van der Waals surface area contributed by atoms with Crippen molar-refractivity contribution >= 4 is 5.57 Å². The Morgan fingerprint density at radius 2 is 1.52 bits per heavy atom. The molecule has 2 aliphatic carbocycles. The molecule has 0 N–H and O–H groups in total. The molecule has 0 aliphatic heterocycles. The van der Waals surface area contributed by atoms with Crippen LogP contribution in [0.15, 0.2) is 73.0 Å². The smallest absolute Gasteiger partial charge is 0.192 e. The second-order valence-electron chi connectivity index (χ2n) is 8.36. The first-order valence-corrected chi connectivity index (χ1v) is 10.8. The van der Waals surface area contributed by atoms with Crippen LogP contribution in [0, 0.1) is 11.7 Å². The molecule has 1 nitrogen and oxygen atoms in total. The Bertz CT molecular complexity index is 998. The third kappa shape index (κ3) is 4.34. The van der Waals surface area contributed by atoms with Crippen LogP contribution in [-0.4, -0.2) is 19.5 Å². The van der Waals surface area contributed by atoms with Crippen LogP contribution in [0.2, 0.25) is 0 Å². The summed E-state index contributed by atoms with van der Waals surface area (Å²) < 4.78 is 48.4. The van der Waals surface area contributed by atoms with Crippen molar-refractivity contribution in [3.05, 3.63) is 90.0 Å². The van der Waals surface area contributed by atoms with Gasteiger partial charge in [-0.05, 0) is 77.5 Å². The van der Waals surface area contributed by atoms with Gasteiger partial charge in [-0.2, -0.15) is 0 Å². The zero-order valence-electron chi connectivity index (χ0n) is 17.7.